The van der Waals surface area contributed by atoms with Crippen molar-refractivity contribution in [3.05, 3.63) is 18.5 Å². The molecule has 4 heteroatoms. The molecule has 1 aromatic heterocycles. The Labute approximate surface area is 135 Å². The van der Waals surface area contributed by atoms with E-state index in [2.05, 4.69) is 15.3 Å². The van der Waals surface area contributed by atoms with Gasteiger partial charge in [0.15, 0.2) is 0 Å². The third-order valence-electron chi connectivity index (χ3n) is 5.30. The maximum absolute atomic E-state index is 4.26. The number of piperidine rings is 1. The lowest BCUT2D eigenvalue weighted by molar-refractivity contribution is 0.150. The zero-order valence-electron chi connectivity index (χ0n) is 13.9. The number of nitrogens with one attached hydrogen (secondary N) is 1. The Hall–Kier alpha value is -0.870. The number of aromatic nitrogens is 2. The van der Waals surface area contributed by atoms with Crippen LogP contribution in [0.15, 0.2) is 18.5 Å². The smallest absolute Gasteiger partial charge is 0.0489 e. The molecule has 2 aliphatic rings. The molecule has 1 aliphatic heterocycles. The summed E-state index contributed by atoms with van der Waals surface area (Å²) in [7, 11) is 0. The molecule has 1 unspecified atom stereocenters. The minimum Gasteiger partial charge on any atom is -0.313 e. The molecule has 0 radical (unpaired) electrons. The summed E-state index contributed by atoms with van der Waals surface area (Å²) < 4.78 is 2.03. The van der Waals surface area contributed by atoms with Gasteiger partial charge in [0.25, 0.3) is 0 Å². The van der Waals surface area contributed by atoms with E-state index < -0.39 is 0 Å². The number of aryl methyl sites for hydroxylation is 1. The van der Waals surface area contributed by atoms with Crippen LogP contribution in [0.4, 0.5) is 0 Å². The van der Waals surface area contributed by atoms with E-state index in [4.69, 9.17) is 0 Å². The third kappa shape index (κ3) is 5.10. The molecule has 0 spiro atoms. The van der Waals surface area contributed by atoms with Crippen LogP contribution in [0.2, 0.25) is 0 Å². The van der Waals surface area contributed by atoms with Crippen molar-refractivity contribution in [2.45, 2.75) is 64.0 Å². The lowest BCUT2D eigenvalue weighted by atomic mass is 9.88. The van der Waals surface area contributed by atoms with Gasteiger partial charge in [-0.25, -0.2) is 0 Å². The van der Waals surface area contributed by atoms with Gasteiger partial charge in [-0.2, -0.15) is 5.10 Å². The van der Waals surface area contributed by atoms with Crippen LogP contribution < -0.4 is 5.32 Å². The van der Waals surface area contributed by atoms with Gasteiger partial charge in [-0.1, -0.05) is 19.3 Å². The first-order valence-corrected chi connectivity index (χ1v) is 9.33. The Bertz CT molecular complexity index is 397. The molecule has 0 amide bonds. The number of rotatable bonds is 7. The molecule has 1 N–H and O–H groups in total. The molecule has 1 saturated carbocycles. The van der Waals surface area contributed by atoms with Crippen LogP contribution in [-0.2, 0) is 6.54 Å². The van der Waals surface area contributed by atoms with Crippen LogP contribution in [0.1, 0.15) is 51.4 Å². The molecule has 1 aliphatic carbocycles. The topological polar surface area (TPSA) is 33.1 Å². The van der Waals surface area contributed by atoms with Gasteiger partial charge in [-0.3, -0.25) is 4.68 Å². The SMILES string of the molecule is c1cnn(CCCNC2CCCN(CC3CCCCC3)C2)c1. The van der Waals surface area contributed by atoms with E-state index in [1.165, 1.54) is 71.0 Å². The molecule has 124 valence electrons. The molecule has 1 aromatic rings. The maximum atomic E-state index is 4.26. The van der Waals surface area contributed by atoms with E-state index in [0.29, 0.717) is 6.04 Å². The second-order valence-electron chi connectivity index (χ2n) is 7.18. The van der Waals surface area contributed by atoms with Gasteiger partial charge < -0.3 is 10.2 Å². The first-order chi connectivity index (χ1) is 10.9. The van der Waals surface area contributed by atoms with E-state index in [1.54, 1.807) is 0 Å². The predicted octanol–water partition coefficient (Wildman–Crippen LogP) is 2.91. The summed E-state index contributed by atoms with van der Waals surface area (Å²) in [5.41, 5.74) is 0. The Morgan fingerprint density at radius 2 is 2.00 bits per heavy atom. The molecule has 3 rings (SSSR count). The van der Waals surface area contributed by atoms with E-state index in [9.17, 15) is 0 Å². The first-order valence-electron chi connectivity index (χ1n) is 9.33. The van der Waals surface area contributed by atoms with Crippen LogP contribution in [-0.4, -0.2) is 46.9 Å². The standard InChI is InChI=1S/C18H32N4/c1-2-7-17(8-3-1)15-21-12-4-9-18(16-21)19-10-5-13-22-14-6-11-20-22/h6,11,14,17-19H,1-5,7-10,12-13,15-16H2. The molecule has 0 bridgehead atoms. The zero-order chi connectivity index (χ0) is 15.0. The summed E-state index contributed by atoms with van der Waals surface area (Å²) in [6, 6.07) is 2.70. The average Bonchev–Trinajstić information content (AvgIpc) is 3.06. The number of nitrogens with zero attached hydrogens (tertiary/aromatic N) is 3. The first kappa shape index (κ1) is 16.0. The van der Waals surface area contributed by atoms with Gasteiger partial charge in [-0.15, -0.1) is 0 Å². The van der Waals surface area contributed by atoms with E-state index in [1.807, 2.05) is 23.1 Å². The van der Waals surface area contributed by atoms with Crippen molar-refractivity contribution in [1.82, 2.24) is 20.0 Å². The number of hydrogen-bond acceptors (Lipinski definition) is 3. The fourth-order valence-corrected chi connectivity index (χ4v) is 4.10. The fourth-order valence-electron chi connectivity index (χ4n) is 4.10. The van der Waals surface area contributed by atoms with Gasteiger partial charge in [-0.05, 0) is 57.2 Å². The maximum Gasteiger partial charge on any atom is 0.0489 e. The Kier molecular flexibility index (Phi) is 6.32. The predicted molar refractivity (Wildman–Crippen MR) is 90.9 cm³/mol. The molecule has 22 heavy (non-hydrogen) atoms. The summed E-state index contributed by atoms with van der Waals surface area (Å²) in [6.45, 7) is 6.08. The normalized spacial score (nSPS) is 24.6. The minimum atomic E-state index is 0.704. The highest BCUT2D eigenvalue weighted by Gasteiger charge is 2.22. The molecule has 2 heterocycles. The van der Waals surface area contributed by atoms with Gasteiger partial charge in [0.1, 0.15) is 0 Å². The van der Waals surface area contributed by atoms with Crippen molar-refractivity contribution in [1.29, 1.82) is 0 Å². The van der Waals surface area contributed by atoms with Gasteiger partial charge in [0, 0.05) is 38.1 Å². The van der Waals surface area contributed by atoms with Crippen molar-refractivity contribution in [2.24, 2.45) is 5.92 Å². The van der Waals surface area contributed by atoms with Gasteiger partial charge in [0.05, 0.1) is 0 Å². The molecule has 1 saturated heterocycles. The lowest BCUT2D eigenvalue weighted by Crippen LogP contribution is -2.47. The lowest BCUT2D eigenvalue weighted by Gasteiger charge is -2.36. The molecule has 1 atom stereocenters. The summed E-state index contributed by atoms with van der Waals surface area (Å²) in [4.78, 5) is 2.73. The van der Waals surface area contributed by atoms with Crippen molar-refractivity contribution in [2.75, 3.05) is 26.2 Å². The molecule has 2 fully saturated rings. The largest absolute Gasteiger partial charge is 0.313 e. The Balaban J connectivity index is 1.31. The van der Waals surface area contributed by atoms with Crippen LogP contribution in [0.25, 0.3) is 0 Å². The van der Waals surface area contributed by atoms with Gasteiger partial charge in [0.2, 0.25) is 0 Å². The molecular formula is C18H32N4. The molecule has 0 aromatic carbocycles. The van der Waals surface area contributed by atoms with Gasteiger partial charge >= 0.3 is 0 Å². The fraction of sp³-hybridized carbons (Fsp3) is 0.833. The Morgan fingerprint density at radius 1 is 1.09 bits per heavy atom. The van der Waals surface area contributed by atoms with Crippen molar-refractivity contribution < 1.29 is 0 Å². The summed E-state index contributed by atoms with van der Waals surface area (Å²) in [5, 5.41) is 8.03. The van der Waals surface area contributed by atoms with E-state index in [0.717, 1.165) is 19.0 Å². The molecular weight excluding hydrogens is 272 g/mol. The van der Waals surface area contributed by atoms with Crippen molar-refractivity contribution in [3.8, 4) is 0 Å². The van der Waals surface area contributed by atoms with Crippen molar-refractivity contribution >= 4 is 0 Å². The quantitative estimate of drug-likeness (QED) is 0.786. The summed E-state index contributed by atoms with van der Waals surface area (Å²) in [5.74, 6) is 0.979. The Morgan fingerprint density at radius 3 is 2.82 bits per heavy atom. The van der Waals surface area contributed by atoms with Crippen LogP contribution in [0, 0.1) is 5.92 Å². The number of likely N-dealkylation sites (tertiary alicyclic amines) is 1. The third-order valence-corrected chi connectivity index (χ3v) is 5.30. The van der Waals surface area contributed by atoms with Crippen LogP contribution >= 0.6 is 0 Å². The number of hydrogen-bond donors (Lipinski definition) is 1. The van der Waals surface area contributed by atoms with E-state index >= 15 is 0 Å². The van der Waals surface area contributed by atoms with Crippen molar-refractivity contribution in [3.63, 3.8) is 0 Å². The monoisotopic (exact) mass is 304 g/mol. The second-order valence-corrected chi connectivity index (χ2v) is 7.18. The summed E-state index contributed by atoms with van der Waals surface area (Å²) >= 11 is 0. The zero-order valence-corrected chi connectivity index (χ0v) is 13.9. The van der Waals surface area contributed by atoms with E-state index in [-0.39, 0.29) is 0 Å². The summed E-state index contributed by atoms with van der Waals surface area (Å²) in [6.07, 6.45) is 15.1. The second kappa shape index (κ2) is 8.68. The van der Waals surface area contributed by atoms with Crippen LogP contribution in [0.5, 0.6) is 0 Å². The van der Waals surface area contributed by atoms with Crippen LogP contribution in [0.3, 0.4) is 0 Å². The highest BCUT2D eigenvalue weighted by molar-refractivity contribution is 4.81. The highest BCUT2D eigenvalue weighted by atomic mass is 15.3. The minimum absolute atomic E-state index is 0.704. The average molecular weight is 304 g/mol. The highest BCUT2D eigenvalue weighted by Crippen LogP contribution is 2.25. The molecule has 4 nitrogen and oxygen atoms in total.